The van der Waals surface area contributed by atoms with E-state index in [-0.39, 0.29) is 24.0 Å². The van der Waals surface area contributed by atoms with Gasteiger partial charge in [-0.3, -0.25) is 9.59 Å². The molecule has 4 unspecified atom stereocenters. The van der Waals surface area contributed by atoms with Crippen molar-refractivity contribution in [2.24, 2.45) is 0 Å². The average molecular weight is 561 g/mol. The minimum atomic E-state index is -0.683. The number of nitrogens with zero attached hydrogens (tertiary/aromatic N) is 2. The summed E-state index contributed by atoms with van der Waals surface area (Å²) < 4.78 is 33.2. The van der Waals surface area contributed by atoms with Crippen LogP contribution in [0.2, 0.25) is 0 Å². The van der Waals surface area contributed by atoms with Crippen molar-refractivity contribution in [1.82, 2.24) is 9.80 Å². The lowest BCUT2D eigenvalue weighted by Gasteiger charge is -2.38. The number of carbonyl (C=O) groups excluding carboxylic acids is 2. The maximum atomic E-state index is 14.3. The number of amides is 2. The van der Waals surface area contributed by atoms with Crippen LogP contribution in [-0.4, -0.2) is 94.3 Å². The maximum Gasteiger partial charge on any atom is 0.256 e. The molecule has 0 saturated carbocycles. The van der Waals surface area contributed by atoms with E-state index in [1.807, 2.05) is 26.0 Å². The first kappa shape index (κ1) is 28.7. The van der Waals surface area contributed by atoms with Gasteiger partial charge < -0.3 is 38.2 Å². The molecule has 0 aromatic heterocycles. The highest BCUT2D eigenvalue weighted by atomic mass is 32.2. The highest BCUT2D eigenvalue weighted by Gasteiger charge is 2.45. The normalized spacial score (nSPS) is 22.8. The molecule has 11 heteroatoms. The summed E-state index contributed by atoms with van der Waals surface area (Å²) in [5, 5.41) is -0.443. The predicted octanol–water partition coefficient (Wildman–Crippen LogP) is 3.62. The summed E-state index contributed by atoms with van der Waals surface area (Å²) in [5.41, 5.74) is 1.14. The van der Waals surface area contributed by atoms with Gasteiger partial charge in [0.2, 0.25) is 11.7 Å². The molecule has 2 amide bonds. The highest BCUT2D eigenvalue weighted by Crippen LogP contribution is 2.46. The first-order chi connectivity index (χ1) is 18.8. The van der Waals surface area contributed by atoms with Crippen molar-refractivity contribution in [1.29, 1.82) is 0 Å². The number of carbonyl (C=O) groups is 2. The minimum Gasteiger partial charge on any atom is -0.493 e. The van der Waals surface area contributed by atoms with Gasteiger partial charge in [0.05, 0.1) is 47.8 Å². The Morgan fingerprint density at radius 2 is 1.41 bits per heavy atom. The van der Waals surface area contributed by atoms with Gasteiger partial charge in [0.1, 0.15) is 11.4 Å². The molecule has 2 aliphatic heterocycles. The zero-order valence-electron chi connectivity index (χ0n) is 23.4. The first-order valence-corrected chi connectivity index (χ1v) is 13.7. The lowest BCUT2D eigenvalue weighted by atomic mass is 10.1. The molecule has 0 aliphatic carbocycles. The molecule has 2 aromatic carbocycles. The van der Waals surface area contributed by atoms with Crippen LogP contribution in [0.15, 0.2) is 30.3 Å². The number of methoxy groups -OCH3 is 5. The molecular formula is C28H36N2O8S. The van der Waals surface area contributed by atoms with Crippen molar-refractivity contribution >= 4 is 23.6 Å². The van der Waals surface area contributed by atoms with Gasteiger partial charge in [-0.2, -0.15) is 0 Å². The summed E-state index contributed by atoms with van der Waals surface area (Å²) in [5.74, 6) is 2.22. The predicted molar refractivity (Wildman–Crippen MR) is 147 cm³/mol. The number of rotatable bonds is 8. The fourth-order valence-corrected chi connectivity index (χ4v) is 6.54. The third kappa shape index (κ3) is 5.69. The second-order valence-electron chi connectivity index (χ2n) is 9.44. The molecule has 2 heterocycles. The molecule has 212 valence electrons. The van der Waals surface area contributed by atoms with E-state index in [9.17, 15) is 9.59 Å². The van der Waals surface area contributed by atoms with E-state index in [2.05, 4.69) is 0 Å². The number of morpholine rings is 1. The Morgan fingerprint density at radius 3 is 1.95 bits per heavy atom. The van der Waals surface area contributed by atoms with E-state index in [0.717, 1.165) is 5.56 Å². The number of ether oxygens (including phenoxy) is 6. The number of thioether (sulfide) groups is 1. The van der Waals surface area contributed by atoms with Crippen molar-refractivity contribution in [3.63, 3.8) is 0 Å². The van der Waals surface area contributed by atoms with Crippen molar-refractivity contribution in [3.8, 4) is 28.7 Å². The van der Waals surface area contributed by atoms with E-state index in [4.69, 9.17) is 28.4 Å². The van der Waals surface area contributed by atoms with Gasteiger partial charge in [-0.1, -0.05) is 6.07 Å². The molecule has 0 N–H and O–H groups in total. The van der Waals surface area contributed by atoms with Crippen molar-refractivity contribution in [3.05, 3.63) is 41.5 Å². The van der Waals surface area contributed by atoms with Crippen LogP contribution >= 0.6 is 11.8 Å². The Labute approximate surface area is 233 Å². The topological polar surface area (TPSA) is 96.0 Å². The Kier molecular flexibility index (Phi) is 9.01. The Bertz CT molecular complexity index is 1170. The molecule has 0 bridgehead atoms. The molecule has 39 heavy (non-hydrogen) atoms. The van der Waals surface area contributed by atoms with E-state index < -0.39 is 11.4 Å². The molecule has 10 nitrogen and oxygen atoms in total. The molecule has 0 spiro atoms. The van der Waals surface area contributed by atoms with Gasteiger partial charge in [-0.15, -0.1) is 11.8 Å². The van der Waals surface area contributed by atoms with Crippen LogP contribution in [0.1, 0.15) is 35.1 Å². The summed E-state index contributed by atoms with van der Waals surface area (Å²) in [6.07, 6.45) is -0.180. The van der Waals surface area contributed by atoms with E-state index in [1.165, 1.54) is 33.1 Å². The highest BCUT2D eigenvalue weighted by molar-refractivity contribution is 7.99. The lowest BCUT2D eigenvalue weighted by Crippen LogP contribution is -2.55. The molecule has 2 fully saturated rings. The molecule has 2 aromatic rings. The average Bonchev–Trinajstić information content (AvgIpc) is 3.39. The Hall–Kier alpha value is -3.31. The molecule has 0 radical (unpaired) electrons. The van der Waals surface area contributed by atoms with Gasteiger partial charge >= 0.3 is 0 Å². The molecule has 2 saturated heterocycles. The summed E-state index contributed by atoms with van der Waals surface area (Å²) in [4.78, 5) is 31.7. The Morgan fingerprint density at radius 1 is 0.821 bits per heavy atom. The second-order valence-corrected chi connectivity index (χ2v) is 10.6. The van der Waals surface area contributed by atoms with Crippen LogP contribution in [0.5, 0.6) is 28.7 Å². The van der Waals surface area contributed by atoms with Gasteiger partial charge in [0.15, 0.2) is 23.0 Å². The SMILES string of the molecule is COc1ccc(C2SCC(C(=O)N3CC(C)OC(C)C3)N2C(=O)c2cc(OC)c(OC)c(OC)c2)cc1OC. The number of benzene rings is 2. The van der Waals surface area contributed by atoms with Gasteiger partial charge in [0, 0.05) is 24.4 Å². The van der Waals surface area contributed by atoms with Crippen molar-refractivity contribution < 1.29 is 38.0 Å². The zero-order chi connectivity index (χ0) is 28.3. The zero-order valence-corrected chi connectivity index (χ0v) is 24.2. The third-order valence-corrected chi connectivity index (χ3v) is 8.18. The summed E-state index contributed by atoms with van der Waals surface area (Å²) in [6.45, 7) is 4.84. The molecule has 4 atom stereocenters. The fraction of sp³-hybridized carbons (Fsp3) is 0.500. The van der Waals surface area contributed by atoms with E-state index in [1.54, 1.807) is 42.2 Å². The van der Waals surface area contributed by atoms with Gasteiger partial charge in [-0.05, 0) is 43.7 Å². The van der Waals surface area contributed by atoms with E-state index in [0.29, 0.717) is 53.2 Å². The Balaban J connectivity index is 1.77. The van der Waals surface area contributed by atoms with Crippen LogP contribution in [0.3, 0.4) is 0 Å². The van der Waals surface area contributed by atoms with Crippen LogP contribution in [0, 0.1) is 0 Å². The van der Waals surface area contributed by atoms with Gasteiger partial charge in [-0.25, -0.2) is 0 Å². The van der Waals surface area contributed by atoms with Crippen LogP contribution in [0.4, 0.5) is 0 Å². The minimum absolute atomic E-state index is 0.0901. The quantitative estimate of drug-likeness (QED) is 0.480. The second kappa shape index (κ2) is 12.3. The smallest absolute Gasteiger partial charge is 0.256 e. The summed E-state index contributed by atoms with van der Waals surface area (Å²) >= 11 is 1.53. The molecular weight excluding hydrogens is 524 g/mol. The van der Waals surface area contributed by atoms with Crippen molar-refractivity contribution in [2.45, 2.75) is 37.5 Å². The van der Waals surface area contributed by atoms with E-state index >= 15 is 0 Å². The third-order valence-electron chi connectivity index (χ3n) is 6.86. The monoisotopic (exact) mass is 560 g/mol. The molecule has 2 aliphatic rings. The van der Waals surface area contributed by atoms with Gasteiger partial charge in [0.25, 0.3) is 5.91 Å². The first-order valence-electron chi connectivity index (χ1n) is 12.7. The molecule has 4 rings (SSSR count). The fourth-order valence-electron chi connectivity index (χ4n) is 5.13. The van der Waals surface area contributed by atoms with Crippen LogP contribution < -0.4 is 23.7 Å². The summed E-state index contributed by atoms with van der Waals surface area (Å²) in [6, 6.07) is 8.07. The number of hydrogen-bond acceptors (Lipinski definition) is 9. The summed E-state index contributed by atoms with van der Waals surface area (Å²) in [7, 11) is 7.63. The van der Waals surface area contributed by atoms with Crippen LogP contribution in [-0.2, 0) is 9.53 Å². The number of hydrogen-bond donors (Lipinski definition) is 0. The maximum absolute atomic E-state index is 14.3. The van der Waals surface area contributed by atoms with Crippen LogP contribution in [0.25, 0.3) is 0 Å². The largest absolute Gasteiger partial charge is 0.493 e. The lowest BCUT2D eigenvalue weighted by molar-refractivity contribution is -0.147. The van der Waals surface area contributed by atoms with Crippen molar-refractivity contribution in [2.75, 3.05) is 54.4 Å². The standard InChI is InChI=1S/C28H36N2O8S/c1-16-13-29(14-17(2)38-16)27(32)20-15-39-28(18-8-9-21(33-3)22(10-18)34-4)30(20)26(31)19-11-23(35-5)25(37-7)24(12-19)36-6/h8-12,16-17,20,28H,13-15H2,1-7H3.